The monoisotopic (exact) mass is 297 g/mol. The van der Waals surface area contributed by atoms with Crippen LogP contribution < -0.4 is 10.9 Å². The zero-order chi connectivity index (χ0) is 15.3. The minimum atomic E-state index is -4.54. The largest absolute Gasteiger partial charge is 0.431 e. The first kappa shape index (κ1) is 15.2. The summed E-state index contributed by atoms with van der Waals surface area (Å²) in [6.07, 6.45) is -2.90. The fourth-order valence-electron chi connectivity index (χ4n) is 1.91. The van der Waals surface area contributed by atoms with Crippen LogP contribution in [0.3, 0.4) is 0 Å². The molecule has 0 aliphatic rings. The summed E-state index contributed by atoms with van der Waals surface area (Å²) in [7, 11) is 0. The Morgan fingerprint density at radius 2 is 1.95 bits per heavy atom. The summed E-state index contributed by atoms with van der Waals surface area (Å²) >= 11 is 0. The van der Waals surface area contributed by atoms with Gasteiger partial charge < -0.3 is 9.88 Å². The van der Waals surface area contributed by atoms with Crippen molar-refractivity contribution >= 4 is 0 Å². The van der Waals surface area contributed by atoms with Crippen molar-refractivity contribution < 1.29 is 13.2 Å². The van der Waals surface area contributed by atoms with E-state index in [-0.39, 0.29) is 13.1 Å². The second-order valence-corrected chi connectivity index (χ2v) is 4.40. The van der Waals surface area contributed by atoms with Crippen molar-refractivity contribution in [3.8, 4) is 0 Å². The predicted octanol–water partition coefficient (Wildman–Crippen LogP) is 2.05. The summed E-state index contributed by atoms with van der Waals surface area (Å²) in [5.74, 6) is 0. The van der Waals surface area contributed by atoms with E-state index in [1.165, 1.54) is 0 Å². The molecule has 1 N–H and O–H groups in total. The van der Waals surface area contributed by atoms with Gasteiger partial charge in [-0.2, -0.15) is 13.2 Å². The minimum absolute atomic E-state index is 0.0542. The Kier molecular flexibility index (Phi) is 4.74. The van der Waals surface area contributed by atoms with E-state index in [1.54, 1.807) is 12.3 Å². The van der Waals surface area contributed by atoms with Gasteiger partial charge in [-0.25, -0.2) is 0 Å². The van der Waals surface area contributed by atoms with E-state index >= 15 is 0 Å². The molecule has 2 heterocycles. The molecule has 0 aromatic carbocycles. The van der Waals surface area contributed by atoms with E-state index in [2.05, 4.69) is 10.3 Å². The number of hydrogen-bond acceptors (Lipinski definition) is 3. The molecule has 0 fully saturated rings. The van der Waals surface area contributed by atoms with Crippen LogP contribution in [-0.2, 0) is 19.3 Å². The molecule has 0 saturated heterocycles. The molecule has 2 rings (SSSR count). The Morgan fingerprint density at radius 1 is 1.14 bits per heavy atom. The number of nitrogens with zero attached hydrogens (tertiary/aromatic N) is 2. The molecule has 0 radical (unpaired) electrons. The molecule has 0 bridgehead atoms. The van der Waals surface area contributed by atoms with Crippen LogP contribution in [0.2, 0.25) is 0 Å². The molecule has 0 aliphatic carbocycles. The van der Waals surface area contributed by atoms with E-state index in [0.29, 0.717) is 6.54 Å². The normalized spacial score (nSPS) is 11.6. The van der Waals surface area contributed by atoms with Crippen LogP contribution in [0.5, 0.6) is 0 Å². The van der Waals surface area contributed by atoms with Crippen LogP contribution in [0.1, 0.15) is 11.4 Å². The highest BCUT2D eigenvalue weighted by Crippen LogP contribution is 2.27. The third-order valence-electron chi connectivity index (χ3n) is 2.88. The Bertz CT molecular complexity index is 638. The van der Waals surface area contributed by atoms with Crippen molar-refractivity contribution in [3.05, 3.63) is 64.3 Å². The maximum atomic E-state index is 12.8. The molecule has 21 heavy (non-hydrogen) atoms. The Hall–Kier alpha value is -2.15. The smallest absolute Gasteiger partial charge is 0.309 e. The van der Waals surface area contributed by atoms with Gasteiger partial charge in [0.1, 0.15) is 5.69 Å². The van der Waals surface area contributed by atoms with Crippen molar-refractivity contribution in [1.29, 1.82) is 0 Å². The lowest BCUT2D eigenvalue weighted by Crippen LogP contribution is -2.31. The third-order valence-corrected chi connectivity index (χ3v) is 2.88. The molecule has 0 aliphatic heterocycles. The van der Waals surface area contributed by atoms with Crippen molar-refractivity contribution in [2.45, 2.75) is 19.3 Å². The number of rotatable bonds is 5. The molecule has 0 spiro atoms. The second-order valence-electron chi connectivity index (χ2n) is 4.40. The zero-order valence-electron chi connectivity index (χ0n) is 11.1. The van der Waals surface area contributed by atoms with Gasteiger partial charge in [0, 0.05) is 31.9 Å². The summed E-state index contributed by atoms with van der Waals surface area (Å²) in [5.41, 5.74) is -0.812. The summed E-state index contributed by atoms with van der Waals surface area (Å²) in [4.78, 5) is 15.7. The molecule has 0 amide bonds. The van der Waals surface area contributed by atoms with Crippen LogP contribution in [0.4, 0.5) is 13.2 Å². The summed E-state index contributed by atoms with van der Waals surface area (Å²) in [5, 5.41) is 2.97. The van der Waals surface area contributed by atoms with Gasteiger partial charge in [0.25, 0.3) is 5.56 Å². The average molecular weight is 297 g/mol. The molecule has 4 nitrogen and oxygen atoms in total. The van der Waals surface area contributed by atoms with Crippen LogP contribution in [0, 0.1) is 0 Å². The Labute approximate surface area is 119 Å². The van der Waals surface area contributed by atoms with E-state index in [4.69, 9.17) is 0 Å². The highest BCUT2D eigenvalue weighted by Gasteiger charge is 2.33. The fraction of sp³-hybridized carbons (Fsp3) is 0.286. The van der Waals surface area contributed by atoms with E-state index in [9.17, 15) is 18.0 Å². The van der Waals surface area contributed by atoms with Gasteiger partial charge in [0.05, 0.1) is 5.69 Å². The molecule has 2 aromatic rings. The highest BCUT2D eigenvalue weighted by atomic mass is 19.4. The average Bonchev–Trinajstić information content (AvgIpc) is 2.45. The van der Waals surface area contributed by atoms with Crippen LogP contribution >= 0.6 is 0 Å². The number of nitrogens with one attached hydrogen (secondary N) is 1. The summed E-state index contributed by atoms with van der Waals surface area (Å²) in [6, 6.07) is 8.55. The minimum Gasteiger partial charge on any atom is -0.309 e. The van der Waals surface area contributed by atoms with Gasteiger partial charge in [0.2, 0.25) is 0 Å². The first-order valence-corrected chi connectivity index (χ1v) is 6.36. The second kappa shape index (κ2) is 6.53. The first-order valence-electron chi connectivity index (χ1n) is 6.36. The van der Waals surface area contributed by atoms with Crippen molar-refractivity contribution in [1.82, 2.24) is 14.9 Å². The molecule has 2 aromatic heterocycles. The predicted molar refractivity (Wildman–Crippen MR) is 71.6 cm³/mol. The molecule has 0 unspecified atom stereocenters. The number of pyridine rings is 2. The summed E-state index contributed by atoms with van der Waals surface area (Å²) < 4.78 is 39.2. The van der Waals surface area contributed by atoms with Crippen LogP contribution in [-0.4, -0.2) is 16.1 Å². The number of halogens is 3. The van der Waals surface area contributed by atoms with Gasteiger partial charge >= 0.3 is 6.18 Å². The van der Waals surface area contributed by atoms with Gasteiger partial charge in [-0.3, -0.25) is 9.78 Å². The van der Waals surface area contributed by atoms with E-state index < -0.39 is 17.4 Å². The van der Waals surface area contributed by atoms with Crippen LogP contribution in [0.25, 0.3) is 0 Å². The maximum absolute atomic E-state index is 12.8. The summed E-state index contributed by atoms with van der Waals surface area (Å²) in [6.45, 7) is 0.620. The molecule has 7 heteroatoms. The molecule has 0 saturated carbocycles. The molecule has 112 valence electrons. The highest BCUT2D eigenvalue weighted by molar-refractivity contribution is 5.10. The lowest BCUT2D eigenvalue weighted by Gasteiger charge is -2.15. The Balaban J connectivity index is 1.99. The topological polar surface area (TPSA) is 46.9 Å². The SMILES string of the molecule is O=c1cccc(C(F)(F)F)n1CCNCc1ccccn1. The number of hydrogen-bond donors (Lipinski definition) is 1. The van der Waals surface area contributed by atoms with Gasteiger partial charge in [0.15, 0.2) is 0 Å². The van der Waals surface area contributed by atoms with Crippen molar-refractivity contribution in [2.75, 3.05) is 6.54 Å². The molecule has 0 atom stereocenters. The number of alkyl halides is 3. The van der Waals surface area contributed by atoms with Crippen molar-refractivity contribution in [2.24, 2.45) is 0 Å². The molecular weight excluding hydrogens is 283 g/mol. The maximum Gasteiger partial charge on any atom is 0.431 e. The quantitative estimate of drug-likeness (QED) is 0.859. The zero-order valence-corrected chi connectivity index (χ0v) is 11.1. The first-order chi connectivity index (χ1) is 9.98. The van der Waals surface area contributed by atoms with Gasteiger partial charge in [-0.15, -0.1) is 0 Å². The van der Waals surface area contributed by atoms with Crippen molar-refractivity contribution in [3.63, 3.8) is 0 Å². The fourth-order valence-corrected chi connectivity index (χ4v) is 1.91. The lowest BCUT2D eigenvalue weighted by atomic mass is 10.3. The van der Waals surface area contributed by atoms with Gasteiger partial charge in [-0.05, 0) is 18.2 Å². The Morgan fingerprint density at radius 3 is 2.62 bits per heavy atom. The van der Waals surface area contributed by atoms with Crippen LogP contribution in [0.15, 0.2) is 47.4 Å². The van der Waals surface area contributed by atoms with E-state index in [1.807, 2.05) is 12.1 Å². The van der Waals surface area contributed by atoms with Gasteiger partial charge in [-0.1, -0.05) is 12.1 Å². The van der Waals surface area contributed by atoms with E-state index in [0.717, 1.165) is 28.5 Å². The number of aromatic nitrogens is 2. The standard InChI is InChI=1S/C14H14F3N3O/c15-14(16,17)12-5-3-6-13(21)20(12)9-8-18-10-11-4-1-2-7-19-11/h1-7,18H,8-10H2. The molecular formula is C14H14F3N3O. The third kappa shape index (κ3) is 4.16. The lowest BCUT2D eigenvalue weighted by molar-refractivity contribution is -0.144.